The van der Waals surface area contributed by atoms with Crippen molar-refractivity contribution in [1.29, 1.82) is 0 Å². The maximum Gasteiger partial charge on any atom is 0.261 e. The van der Waals surface area contributed by atoms with Gasteiger partial charge in [-0.05, 0) is 54.5 Å². The maximum absolute atomic E-state index is 12.9. The van der Waals surface area contributed by atoms with Crippen molar-refractivity contribution in [2.24, 2.45) is 0 Å². The smallest absolute Gasteiger partial charge is 0.261 e. The minimum absolute atomic E-state index is 0.0326. The van der Waals surface area contributed by atoms with E-state index in [9.17, 15) is 4.79 Å². The van der Waals surface area contributed by atoms with Crippen molar-refractivity contribution >= 4 is 34.2 Å². The van der Waals surface area contributed by atoms with Crippen molar-refractivity contribution < 1.29 is 4.74 Å². The molecule has 3 heterocycles. The number of fused-ring (bicyclic) bond motifs is 2. The molecule has 2 aromatic heterocycles. The Morgan fingerprint density at radius 3 is 2.83 bits per heavy atom. The third kappa shape index (κ3) is 3.48. The molecule has 5 nitrogen and oxygen atoms in total. The van der Waals surface area contributed by atoms with E-state index in [4.69, 9.17) is 21.3 Å². The van der Waals surface area contributed by atoms with E-state index < -0.39 is 0 Å². The van der Waals surface area contributed by atoms with Crippen LogP contribution in [0.4, 0.5) is 0 Å². The molecule has 0 saturated carbocycles. The SMILES string of the molecule is O=c1c2ccc(Cl)cc2nc2n1CC/C2=C\c1ccccc1OCc1ccccn1. The highest BCUT2D eigenvalue weighted by atomic mass is 35.5. The van der Waals surface area contributed by atoms with Crippen LogP contribution >= 0.6 is 11.6 Å². The van der Waals surface area contributed by atoms with E-state index in [0.717, 1.165) is 29.0 Å². The monoisotopic (exact) mass is 415 g/mol. The number of ether oxygens (including phenoxy) is 1. The van der Waals surface area contributed by atoms with E-state index in [1.165, 1.54) is 0 Å². The lowest BCUT2D eigenvalue weighted by molar-refractivity contribution is 0.300. The molecule has 6 heteroatoms. The Morgan fingerprint density at radius 1 is 1.10 bits per heavy atom. The van der Waals surface area contributed by atoms with Gasteiger partial charge in [0.2, 0.25) is 0 Å². The van der Waals surface area contributed by atoms with Gasteiger partial charge in [0.1, 0.15) is 18.2 Å². The number of nitrogens with zero attached hydrogens (tertiary/aromatic N) is 3. The Morgan fingerprint density at radius 2 is 1.97 bits per heavy atom. The fourth-order valence-electron chi connectivity index (χ4n) is 3.68. The van der Waals surface area contributed by atoms with Gasteiger partial charge in [-0.2, -0.15) is 0 Å². The molecule has 0 saturated heterocycles. The number of hydrogen-bond acceptors (Lipinski definition) is 4. The average molecular weight is 416 g/mol. The van der Waals surface area contributed by atoms with E-state index in [1.807, 2.05) is 42.5 Å². The molecule has 0 spiro atoms. The third-order valence-electron chi connectivity index (χ3n) is 5.16. The molecule has 0 radical (unpaired) electrons. The lowest BCUT2D eigenvalue weighted by atomic mass is 10.1. The highest BCUT2D eigenvalue weighted by Gasteiger charge is 2.21. The first-order chi connectivity index (χ1) is 14.7. The predicted molar refractivity (Wildman–Crippen MR) is 119 cm³/mol. The zero-order valence-electron chi connectivity index (χ0n) is 16.1. The summed E-state index contributed by atoms with van der Waals surface area (Å²) in [6.45, 7) is 1.00. The zero-order valence-corrected chi connectivity index (χ0v) is 16.8. The van der Waals surface area contributed by atoms with Crippen LogP contribution in [0.2, 0.25) is 5.02 Å². The van der Waals surface area contributed by atoms with Gasteiger partial charge >= 0.3 is 0 Å². The quantitative estimate of drug-likeness (QED) is 0.472. The molecule has 5 rings (SSSR count). The minimum atomic E-state index is -0.0326. The Labute approximate surface area is 178 Å². The summed E-state index contributed by atoms with van der Waals surface area (Å²) in [6, 6.07) is 18.8. The van der Waals surface area contributed by atoms with E-state index in [2.05, 4.69) is 11.1 Å². The normalized spacial score (nSPS) is 14.2. The van der Waals surface area contributed by atoms with Crippen LogP contribution in [-0.4, -0.2) is 14.5 Å². The van der Waals surface area contributed by atoms with Crippen LogP contribution in [0, 0.1) is 0 Å². The topological polar surface area (TPSA) is 57.0 Å². The summed E-state index contributed by atoms with van der Waals surface area (Å²) in [6.07, 6.45) is 4.54. The molecular weight excluding hydrogens is 398 g/mol. The van der Waals surface area contributed by atoms with Crippen molar-refractivity contribution in [3.05, 3.63) is 99.3 Å². The first kappa shape index (κ1) is 18.6. The minimum Gasteiger partial charge on any atom is -0.487 e. The molecule has 1 aliphatic heterocycles. The molecule has 1 aliphatic rings. The lowest BCUT2D eigenvalue weighted by Gasteiger charge is -2.10. The number of pyridine rings is 1. The molecule has 4 aromatic rings. The molecule has 148 valence electrons. The molecule has 0 atom stereocenters. The third-order valence-corrected chi connectivity index (χ3v) is 5.39. The summed E-state index contributed by atoms with van der Waals surface area (Å²) >= 11 is 6.11. The first-order valence-electron chi connectivity index (χ1n) is 9.72. The summed E-state index contributed by atoms with van der Waals surface area (Å²) in [4.78, 5) is 21.9. The molecular formula is C24H18ClN3O2. The summed E-state index contributed by atoms with van der Waals surface area (Å²) in [7, 11) is 0. The second-order valence-corrected chi connectivity index (χ2v) is 7.56. The van der Waals surface area contributed by atoms with E-state index in [1.54, 1.807) is 29.0 Å². The Hall–Kier alpha value is -3.44. The number of para-hydroxylation sites is 1. The van der Waals surface area contributed by atoms with Gasteiger partial charge in [0.25, 0.3) is 5.56 Å². The number of hydrogen-bond donors (Lipinski definition) is 0. The Balaban J connectivity index is 1.52. The standard InChI is InChI=1S/C24H18ClN3O2/c25-18-8-9-20-21(14-18)27-23-17(10-12-28(23)24(20)29)13-16-5-1-2-7-22(16)30-15-19-6-3-4-11-26-19/h1-9,11,13-14H,10,12,15H2/b17-13+. The Bertz CT molecular complexity index is 1330. The van der Waals surface area contributed by atoms with Gasteiger partial charge in [-0.3, -0.25) is 14.3 Å². The largest absolute Gasteiger partial charge is 0.487 e. The summed E-state index contributed by atoms with van der Waals surface area (Å²) in [5.74, 6) is 1.45. The summed E-state index contributed by atoms with van der Waals surface area (Å²) < 4.78 is 7.75. The zero-order chi connectivity index (χ0) is 20.5. The molecule has 0 fully saturated rings. The van der Waals surface area contributed by atoms with Gasteiger partial charge in [0.15, 0.2) is 0 Å². The first-order valence-corrected chi connectivity index (χ1v) is 10.1. The van der Waals surface area contributed by atoms with Crippen LogP contribution in [0.3, 0.4) is 0 Å². The van der Waals surface area contributed by atoms with Crippen LogP contribution in [0.1, 0.15) is 23.5 Å². The molecule has 2 aromatic carbocycles. The van der Waals surface area contributed by atoms with Crippen molar-refractivity contribution in [2.75, 3.05) is 0 Å². The second-order valence-electron chi connectivity index (χ2n) is 7.12. The van der Waals surface area contributed by atoms with E-state index in [-0.39, 0.29) is 5.56 Å². The second kappa shape index (κ2) is 7.76. The number of allylic oxidation sites excluding steroid dienone is 1. The fourth-order valence-corrected chi connectivity index (χ4v) is 3.85. The fraction of sp³-hybridized carbons (Fsp3) is 0.125. The molecule has 30 heavy (non-hydrogen) atoms. The molecule has 0 amide bonds. The van der Waals surface area contributed by atoms with Gasteiger partial charge in [0.05, 0.1) is 16.6 Å². The van der Waals surface area contributed by atoms with Gasteiger partial charge < -0.3 is 4.74 Å². The van der Waals surface area contributed by atoms with Crippen LogP contribution in [0.25, 0.3) is 22.6 Å². The van der Waals surface area contributed by atoms with Gasteiger partial charge in [-0.1, -0.05) is 35.9 Å². The van der Waals surface area contributed by atoms with Crippen LogP contribution in [0.15, 0.2) is 71.7 Å². The van der Waals surface area contributed by atoms with Gasteiger partial charge in [0, 0.05) is 23.3 Å². The molecule has 0 aliphatic carbocycles. The van der Waals surface area contributed by atoms with Gasteiger partial charge in [-0.15, -0.1) is 0 Å². The number of rotatable bonds is 4. The maximum atomic E-state index is 12.9. The summed E-state index contributed by atoms with van der Waals surface area (Å²) in [5, 5.41) is 1.15. The van der Waals surface area contributed by atoms with Gasteiger partial charge in [-0.25, -0.2) is 4.98 Å². The van der Waals surface area contributed by atoms with Crippen molar-refractivity contribution in [1.82, 2.24) is 14.5 Å². The highest BCUT2D eigenvalue weighted by Crippen LogP contribution is 2.31. The highest BCUT2D eigenvalue weighted by molar-refractivity contribution is 6.31. The number of halogens is 1. The number of aromatic nitrogens is 3. The molecule has 0 N–H and O–H groups in total. The van der Waals surface area contributed by atoms with E-state index in [0.29, 0.717) is 34.9 Å². The van der Waals surface area contributed by atoms with Crippen molar-refractivity contribution in [3.8, 4) is 5.75 Å². The molecule has 0 bridgehead atoms. The predicted octanol–water partition coefficient (Wildman–Crippen LogP) is 4.97. The summed E-state index contributed by atoms with van der Waals surface area (Å²) in [5.41, 5.74) is 3.39. The lowest BCUT2D eigenvalue weighted by Crippen LogP contribution is -2.20. The Kier molecular flexibility index (Phi) is 4.81. The van der Waals surface area contributed by atoms with Crippen LogP contribution < -0.4 is 10.3 Å². The number of benzene rings is 2. The van der Waals surface area contributed by atoms with Crippen LogP contribution in [-0.2, 0) is 13.2 Å². The average Bonchev–Trinajstić information content (AvgIpc) is 3.16. The van der Waals surface area contributed by atoms with Crippen molar-refractivity contribution in [2.45, 2.75) is 19.6 Å². The van der Waals surface area contributed by atoms with E-state index >= 15 is 0 Å². The van der Waals surface area contributed by atoms with Crippen LogP contribution in [0.5, 0.6) is 5.75 Å². The van der Waals surface area contributed by atoms with Crippen molar-refractivity contribution in [3.63, 3.8) is 0 Å². The molecule has 0 unspecified atom stereocenters.